The Morgan fingerprint density at radius 3 is 2.40 bits per heavy atom. The van der Waals surface area contributed by atoms with E-state index in [9.17, 15) is 23.1 Å². The average molecular weight is 747 g/mol. The Balaban J connectivity index is 1.59. The van der Waals surface area contributed by atoms with Crippen molar-refractivity contribution in [2.75, 3.05) is 11.9 Å². The van der Waals surface area contributed by atoms with E-state index in [4.69, 9.17) is 0 Å². The lowest BCUT2D eigenvalue weighted by atomic mass is 9.86. The zero-order chi connectivity index (χ0) is 35.8. The Labute approximate surface area is 291 Å². The quantitative estimate of drug-likeness (QED) is 0.202. The maximum atomic E-state index is 15.0. The summed E-state index contributed by atoms with van der Waals surface area (Å²) in [5.41, 5.74) is 0.976. The number of anilines is 1. The Hall–Kier alpha value is -3.58. The van der Waals surface area contributed by atoms with Gasteiger partial charge in [-0.2, -0.15) is 8.42 Å². The van der Waals surface area contributed by atoms with Crippen molar-refractivity contribution in [2.24, 2.45) is 5.92 Å². The van der Waals surface area contributed by atoms with Gasteiger partial charge in [0, 0.05) is 22.8 Å². The summed E-state index contributed by atoms with van der Waals surface area (Å²) in [7, 11) is -4.49. The number of hydrogen-bond acceptors (Lipinski definition) is 7. The van der Waals surface area contributed by atoms with Gasteiger partial charge in [-0.3, -0.25) is 9.78 Å². The van der Waals surface area contributed by atoms with E-state index < -0.39 is 49.4 Å². The highest BCUT2D eigenvalue weighted by molar-refractivity contribution is 9.10. The summed E-state index contributed by atoms with van der Waals surface area (Å²) in [5, 5.41) is 12.6. The SMILES string of the molecule is CC(C)(C)c1ccnc(C(CC[C@@H]2CN(C(=O)O)C(C)(C)C2)Nc2cccc(S(=O)(=O)NC(=O)c3cc(Br)c(C(C)(C)C)cc3F)n2)c1. The van der Waals surface area contributed by atoms with E-state index in [1.54, 1.807) is 12.3 Å². The molecule has 1 saturated heterocycles. The van der Waals surface area contributed by atoms with Crippen LogP contribution in [0, 0.1) is 11.7 Å². The predicted molar refractivity (Wildman–Crippen MR) is 187 cm³/mol. The first-order valence-electron chi connectivity index (χ1n) is 15.9. The molecule has 4 rings (SSSR count). The molecule has 2 aromatic heterocycles. The van der Waals surface area contributed by atoms with Gasteiger partial charge in [0.1, 0.15) is 11.6 Å². The Morgan fingerprint density at radius 1 is 1.10 bits per heavy atom. The lowest BCUT2D eigenvalue weighted by Gasteiger charge is -2.28. The van der Waals surface area contributed by atoms with E-state index >= 15 is 4.39 Å². The number of rotatable bonds is 9. The zero-order valence-electron chi connectivity index (χ0n) is 28.7. The molecule has 1 unspecified atom stereocenters. The maximum Gasteiger partial charge on any atom is 0.407 e. The molecule has 2 atom stereocenters. The van der Waals surface area contributed by atoms with Crippen molar-refractivity contribution in [3.8, 4) is 0 Å². The molecule has 0 aliphatic carbocycles. The molecule has 10 nitrogen and oxygen atoms in total. The molecule has 0 radical (unpaired) electrons. The van der Waals surface area contributed by atoms with Crippen LogP contribution in [0.25, 0.3) is 0 Å². The first-order valence-corrected chi connectivity index (χ1v) is 18.1. The molecule has 0 bridgehead atoms. The maximum absolute atomic E-state index is 15.0. The first-order chi connectivity index (χ1) is 22.1. The molecule has 13 heteroatoms. The van der Waals surface area contributed by atoms with Gasteiger partial charge in [0.2, 0.25) is 0 Å². The third-order valence-electron chi connectivity index (χ3n) is 8.72. The summed E-state index contributed by atoms with van der Waals surface area (Å²) < 4.78 is 44.1. The number of nitrogens with zero attached hydrogens (tertiary/aromatic N) is 3. The van der Waals surface area contributed by atoms with E-state index in [1.165, 1.54) is 29.2 Å². The van der Waals surface area contributed by atoms with Crippen LogP contribution in [0.5, 0.6) is 0 Å². The number of carboxylic acid groups (broad SMARTS) is 1. The topological polar surface area (TPSA) is 142 Å². The molecule has 0 spiro atoms. The molecule has 260 valence electrons. The standard InChI is InChI=1S/C35H45BrFN5O5S/c1-33(2,3)22-14-15-38-28(16-22)27(13-12-21-19-35(7,8)42(20-21)32(44)45)39-29-10-9-11-30(40-29)48(46,47)41-31(43)23-17-25(36)24(18-26(23)37)34(4,5)6/h9-11,14-18,21,27H,12-13,19-20H2,1-8H3,(H,39,40)(H,41,43)(H,44,45)/t21-,27?/m0/s1. The molecule has 3 aromatic rings. The van der Waals surface area contributed by atoms with Crippen molar-refractivity contribution < 1.29 is 27.5 Å². The van der Waals surface area contributed by atoms with Crippen LogP contribution in [0.3, 0.4) is 0 Å². The number of benzene rings is 1. The highest BCUT2D eigenvalue weighted by Gasteiger charge is 2.41. The van der Waals surface area contributed by atoms with Crippen LogP contribution in [-0.2, 0) is 20.9 Å². The fraction of sp³-hybridized carbons (Fsp3) is 0.486. The summed E-state index contributed by atoms with van der Waals surface area (Å²) >= 11 is 3.38. The fourth-order valence-corrected chi connectivity index (χ4v) is 7.94. The third-order valence-corrected chi connectivity index (χ3v) is 10.6. The summed E-state index contributed by atoms with van der Waals surface area (Å²) in [6, 6.07) is 10.5. The van der Waals surface area contributed by atoms with Crippen molar-refractivity contribution in [3.63, 3.8) is 0 Å². The monoisotopic (exact) mass is 745 g/mol. The number of pyridine rings is 2. The fourth-order valence-electron chi connectivity index (χ4n) is 6.07. The molecule has 3 N–H and O–H groups in total. The molecule has 1 aliphatic rings. The number of likely N-dealkylation sites (tertiary alicyclic amines) is 1. The molecule has 2 amide bonds. The minimum Gasteiger partial charge on any atom is -0.465 e. The van der Waals surface area contributed by atoms with Crippen molar-refractivity contribution in [2.45, 2.75) is 102 Å². The summed E-state index contributed by atoms with van der Waals surface area (Å²) in [4.78, 5) is 35.3. The van der Waals surface area contributed by atoms with Crippen LogP contribution in [0.15, 0.2) is 58.2 Å². The summed E-state index contributed by atoms with van der Waals surface area (Å²) in [6.07, 6.45) is 2.77. The first kappa shape index (κ1) is 37.2. The molecule has 48 heavy (non-hydrogen) atoms. The van der Waals surface area contributed by atoms with Gasteiger partial charge in [-0.1, -0.05) is 63.5 Å². The second-order valence-corrected chi connectivity index (χ2v) is 17.6. The lowest BCUT2D eigenvalue weighted by Crippen LogP contribution is -2.41. The van der Waals surface area contributed by atoms with Gasteiger partial charge in [-0.15, -0.1) is 0 Å². The van der Waals surface area contributed by atoms with Gasteiger partial charge in [-0.05, 0) is 97.4 Å². The predicted octanol–water partition coefficient (Wildman–Crippen LogP) is 7.80. The minimum absolute atomic E-state index is 0.124. The van der Waals surface area contributed by atoms with Crippen molar-refractivity contribution in [1.29, 1.82) is 0 Å². The van der Waals surface area contributed by atoms with Gasteiger partial charge in [0.15, 0.2) is 5.03 Å². The zero-order valence-corrected chi connectivity index (χ0v) is 31.1. The van der Waals surface area contributed by atoms with Gasteiger partial charge >= 0.3 is 6.09 Å². The number of aromatic nitrogens is 2. The van der Waals surface area contributed by atoms with Crippen LogP contribution in [0.4, 0.5) is 15.0 Å². The van der Waals surface area contributed by atoms with Crippen LogP contribution >= 0.6 is 15.9 Å². The van der Waals surface area contributed by atoms with Gasteiger partial charge in [0.25, 0.3) is 15.9 Å². The Bertz CT molecular complexity index is 1800. The van der Waals surface area contributed by atoms with Crippen molar-refractivity contribution in [3.05, 3.63) is 81.3 Å². The highest BCUT2D eigenvalue weighted by Crippen LogP contribution is 2.37. The summed E-state index contributed by atoms with van der Waals surface area (Å²) in [6.45, 7) is 16.3. The Morgan fingerprint density at radius 2 is 1.79 bits per heavy atom. The van der Waals surface area contributed by atoms with E-state index in [0.29, 0.717) is 35.8 Å². The van der Waals surface area contributed by atoms with Gasteiger partial charge in [0.05, 0.1) is 17.3 Å². The third kappa shape index (κ3) is 8.71. The van der Waals surface area contributed by atoms with Crippen molar-refractivity contribution in [1.82, 2.24) is 19.6 Å². The van der Waals surface area contributed by atoms with E-state index in [2.05, 4.69) is 52.0 Å². The van der Waals surface area contributed by atoms with Crippen LogP contribution in [-0.4, -0.2) is 52.5 Å². The number of halogens is 2. The number of carbonyl (C=O) groups is 2. The number of sulfonamides is 1. The van der Waals surface area contributed by atoms with Gasteiger partial charge < -0.3 is 15.3 Å². The smallest absolute Gasteiger partial charge is 0.407 e. The normalized spacial score (nSPS) is 17.2. The van der Waals surface area contributed by atoms with Gasteiger partial charge in [-0.25, -0.2) is 18.9 Å². The molecular weight excluding hydrogens is 701 g/mol. The van der Waals surface area contributed by atoms with Crippen molar-refractivity contribution >= 4 is 43.8 Å². The van der Waals surface area contributed by atoms with E-state index in [1.807, 2.05) is 51.5 Å². The van der Waals surface area contributed by atoms with E-state index in [0.717, 1.165) is 11.3 Å². The largest absolute Gasteiger partial charge is 0.465 e. The average Bonchev–Trinajstić information content (AvgIpc) is 3.29. The van der Waals surface area contributed by atoms with Crippen LogP contribution in [0.2, 0.25) is 0 Å². The summed E-state index contributed by atoms with van der Waals surface area (Å²) in [5.74, 6) is -1.60. The van der Waals surface area contributed by atoms with Crippen LogP contribution < -0.4 is 10.0 Å². The molecule has 1 fully saturated rings. The highest BCUT2D eigenvalue weighted by atomic mass is 79.9. The molecule has 0 saturated carbocycles. The second kappa shape index (κ2) is 13.7. The molecule has 3 heterocycles. The number of hydrogen-bond donors (Lipinski definition) is 3. The molecule has 1 aromatic carbocycles. The number of carbonyl (C=O) groups excluding carboxylic acids is 1. The second-order valence-electron chi connectivity index (χ2n) is 15.1. The lowest BCUT2D eigenvalue weighted by molar-refractivity contribution is 0.0976. The number of amides is 2. The minimum atomic E-state index is -4.49. The number of nitrogens with one attached hydrogen (secondary N) is 2. The molecular formula is C35H45BrFN5O5S. The molecule has 1 aliphatic heterocycles. The van der Waals surface area contributed by atoms with E-state index in [-0.39, 0.29) is 23.2 Å². The van der Waals surface area contributed by atoms with Crippen LogP contribution in [0.1, 0.15) is 108 Å². The Kier molecular flexibility index (Phi) is 10.7.